The Morgan fingerprint density at radius 1 is 1.12 bits per heavy atom. The summed E-state index contributed by atoms with van der Waals surface area (Å²) in [4.78, 5) is 9.03. The van der Waals surface area contributed by atoms with Crippen molar-refractivity contribution in [2.45, 2.75) is 58.4 Å². The number of phosphoric acid groups is 1. The maximum Gasteiger partial charge on any atom is 0.531 e. The molecule has 1 N–H and O–H groups in total. The van der Waals surface area contributed by atoms with E-state index < -0.39 is 19.8 Å². The third-order valence-corrected chi connectivity index (χ3v) is 3.22. The van der Waals surface area contributed by atoms with Crippen molar-refractivity contribution in [1.82, 2.24) is 0 Å². The van der Waals surface area contributed by atoms with Crippen molar-refractivity contribution in [3.05, 3.63) is 0 Å². The molecule has 4 nitrogen and oxygen atoms in total. The van der Waals surface area contributed by atoms with E-state index in [-0.39, 0.29) is 0 Å². The van der Waals surface area contributed by atoms with Gasteiger partial charge in [0.25, 0.3) is 0 Å². The van der Waals surface area contributed by atoms with Gasteiger partial charge in [0.1, 0.15) is 0 Å². The van der Waals surface area contributed by atoms with Crippen molar-refractivity contribution < 1.29 is 31.7 Å². The summed E-state index contributed by atoms with van der Waals surface area (Å²) in [5, 5.41) is 0. The first-order valence-electron chi connectivity index (χ1n) is 5.34. The van der Waals surface area contributed by atoms with Crippen LogP contribution in [0.4, 0.5) is 13.2 Å². The summed E-state index contributed by atoms with van der Waals surface area (Å²) in [6, 6.07) is 0. The molecule has 0 saturated heterocycles. The smallest absolute Gasteiger partial charge is 0.302 e. The van der Waals surface area contributed by atoms with Crippen LogP contribution in [0.5, 0.6) is 0 Å². The lowest BCUT2D eigenvalue weighted by Gasteiger charge is -2.30. The van der Waals surface area contributed by atoms with E-state index in [0.717, 1.165) is 0 Å². The van der Waals surface area contributed by atoms with E-state index >= 15 is 0 Å². The number of hydrogen-bond donors (Lipinski definition) is 1. The van der Waals surface area contributed by atoms with Gasteiger partial charge < -0.3 is 4.89 Å². The van der Waals surface area contributed by atoms with Crippen LogP contribution in [0.1, 0.15) is 46.5 Å². The number of rotatable bonds is 7. The minimum Gasteiger partial charge on any atom is -0.302 e. The van der Waals surface area contributed by atoms with Crippen molar-refractivity contribution in [1.29, 1.82) is 0 Å². The normalized spacial score (nSPS) is 16.9. The van der Waals surface area contributed by atoms with Crippen LogP contribution in [0.2, 0.25) is 0 Å². The maximum atomic E-state index is 11.9. The zero-order valence-electron chi connectivity index (χ0n) is 10.1. The van der Waals surface area contributed by atoms with E-state index in [4.69, 9.17) is 4.89 Å². The third-order valence-electron chi connectivity index (χ3n) is 2.11. The second-order valence-corrected chi connectivity index (χ2v) is 5.35. The summed E-state index contributed by atoms with van der Waals surface area (Å²) < 4.78 is 54.5. The highest BCUT2D eigenvalue weighted by atomic mass is 31.2. The molecule has 0 aromatic heterocycles. The predicted molar refractivity (Wildman–Crippen MR) is 56.3 cm³/mol. The summed E-state index contributed by atoms with van der Waals surface area (Å²) in [6.07, 6.45) is -3.17. The number of halogens is 3. The van der Waals surface area contributed by atoms with E-state index in [9.17, 15) is 17.7 Å². The fourth-order valence-electron chi connectivity index (χ4n) is 1.70. The molecule has 1 atom stereocenters. The van der Waals surface area contributed by atoms with E-state index in [1.165, 1.54) is 6.92 Å². The van der Waals surface area contributed by atoms with Gasteiger partial charge in [0.2, 0.25) is 0 Å². The second kappa shape index (κ2) is 6.18. The molecule has 8 heteroatoms. The van der Waals surface area contributed by atoms with E-state index in [1.54, 1.807) is 0 Å². The Bertz CT molecular complexity index is 274. The molecule has 0 aromatic carbocycles. The van der Waals surface area contributed by atoms with Crippen molar-refractivity contribution in [3.63, 3.8) is 0 Å². The number of alkyl halides is 3. The van der Waals surface area contributed by atoms with Gasteiger partial charge in [0, 0.05) is 0 Å². The molecule has 0 spiro atoms. The second-order valence-electron chi connectivity index (χ2n) is 4.05. The molecular formula is C9H18F3O4P. The Balaban J connectivity index is 4.69. The molecule has 0 aliphatic carbocycles. The SMILES string of the molecule is CCCC(C)(CCC)OP(=O)(O)OC(F)(F)F. The zero-order valence-corrected chi connectivity index (χ0v) is 11.0. The maximum absolute atomic E-state index is 11.9. The van der Waals surface area contributed by atoms with Crippen LogP contribution in [-0.4, -0.2) is 16.9 Å². The Hall–Kier alpha value is -0.100. The van der Waals surface area contributed by atoms with Gasteiger partial charge in [-0.25, -0.2) is 4.57 Å². The molecule has 0 aromatic rings. The Morgan fingerprint density at radius 2 is 1.53 bits per heavy atom. The number of hydrogen-bond acceptors (Lipinski definition) is 3. The monoisotopic (exact) mass is 278 g/mol. The lowest BCUT2D eigenvalue weighted by molar-refractivity contribution is -0.284. The summed E-state index contributed by atoms with van der Waals surface area (Å²) in [5.41, 5.74) is -1.08. The fourth-order valence-corrected chi connectivity index (χ4v) is 2.74. The topological polar surface area (TPSA) is 55.8 Å². The molecular weight excluding hydrogens is 260 g/mol. The molecule has 0 heterocycles. The van der Waals surface area contributed by atoms with Gasteiger partial charge in [-0.3, -0.25) is 4.52 Å². The average molecular weight is 278 g/mol. The minimum absolute atomic E-state index is 0.382. The zero-order chi connectivity index (χ0) is 13.7. The first-order valence-corrected chi connectivity index (χ1v) is 6.84. The molecule has 0 bridgehead atoms. The molecule has 0 saturated carbocycles. The Labute approximate surface area is 98.7 Å². The van der Waals surface area contributed by atoms with Crippen molar-refractivity contribution in [2.75, 3.05) is 0 Å². The lowest BCUT2D eigenvalue weighted by atomic mass is 9.95. The number of phosphoric ester groups is 1. The van der Waals surface area contributed by atoms with Crippen LogP contribution < -0.4 is 0 Å². The van der Waals surface area contributed by atoms with Gasteiger partial charge in [0.05, 0.1) is 5.60 Å². The highest BCUT2D eigenvalue weighted by Gasteiger charge is 2.44. The summed E-state index contributed by atoms with van der Waals surface area (Å²) >= 11 is 0. The molecule has 0 radical (unpaired) electrons. The van der Waals surface area contributed by atoms with Crippen LogP contribution >= 0.6 is 7.82 Å². The quantitative estimate of drug-likeness (QED) is 0.715. The molecule has 17 heavy (non-hydrogen) atoms. The molecule has 0 aliphatic heterocycles. The summed E-state index contributed by atoms with van der Waals surface area (Å²) in [6.45, 7) is 5.12. The van der Waals surface area contributed by atoms with Gasteiger partial charge in [-0.15, -0.1) is 13.2 Å². The fraction of sp³-hybridized carbons (Fsp3) is 1.00. The highest BCUT2D eigenvalue weighted by molar-refractivity contribution is 7.47. The van der Waals surface area contributed by atoms with Gasteiger partial charge in [-0.1, -0.05) is 26.7 Å². The van der Waals surface area contributed by atoms with E-state index in [0.29, 0.717) is 25.7 Å². The minimum atomic E-state index is -5.19. The van der Waals surface area contributed by atoms with Gasteiger partial charge >= 0.3 is 14.2 Å². The molecule has 0 fully saturated rings. The van der Waals surface area contributed by atoms with Crippen LogP contribution in [-0.2, 0) is 13.6 Å². The first kappa shape index (κ1) is 16.9. The van der Waals surface area contributed by atoms with Gasteiger partial charge in [-0.05, 0) is 19.8 Å². The molecule has 0 rings (SSSR count). The third kappa shape index (κ3) is 7.76. The van der Waals surface area contributed by atoms with E-state index in [2.05, 4.69) is 9.05 Å². The lowest BCUT2D eigenvalue weighted by Crippen LogP contribution is -2.28. The van der Waals surface area contributed by atoms with E-state index in [1.807, 2.05) is 13.8 Å². The Kier molecular flexibility index (Phi) is 6.14. The van der Waals surface area contributed by atoms with Crippen LogP contribution in [0.15, 0.2) is 0 Å². The summed E-state index contributed by atoms with van der Waals surface area (Å²) in [7, 11) is -5.12. The summed E-state index contributed by atoms with van der Waals surface area (Å²) in [5.74, 6) is 0. The largest absolute Gasteiger partial charge is 0.531 e. The average Bonchev–Trinajstić information content (AvgIpc) is 1.96. The molecule has 0 amide bonds. The van der Waals surface area contributed by atoms with Crippen molar-refractivity contribution >= 4 is 7.82 Å². The van der Waals surface area contributed by atoms with Crippen LogP contribution in [0, 0.1) is 0 Å². The highest BCUT2D eigenvalue weighted by Crippen LogP contribution is 2.53. The molecule has 104 valence electrons. The van der Waals surface area contributed by atoms with Crippen molar-refractivity contribution in [2.24, 2.45) is 0 Å². The standard InChI is InChI=1S/C9H18F3O4P/c1-4-6-8(3,7-5-2)15-17(13,14)16-9(10,11)12/h4-7H2,1-3H3,(H,13,14). The first-order chi connectivity index (χ1) is 7.54. The van der Waals surface area contributed by atoms with Crippen LogP contribution in [0.25, 0.3) is 0 Å². The van der Waals surface area contributed by atoms with Crippen LogP contribution in [0.3, 0.4) is 0 Å². The molecule has 0 aliphatic rings. The van der Waals surface area contributed by atoms with Gasteiger partial charge in [0.15, 0.2) is 0 Å². The molecule has 1 unspecified atom stereocenters. The van der Waals surface area contributed by atoms with Crippen molar-refractivity contribution in [3.8, 4) is 0 Å². The predicted octanol–water partition coefficient (Wildman–Crippen LogP) is 4.00. The van der Waals surface area contributed by atoms with Gasteiger partial charge in [-0.2, -0.15) is 4.52 Å². The Morgan fingerprint density at radius 3 is 1.82 bits per heavy atom.